The quantitative estimate of drug-likeness (QED) is 0.540. The number of fused-ring (bicyclic) bond motifs is 3. The standard InChI is InChI=1S/C16H13F6N3O2/c1-2-10-24-11-7-4-3-5-23-12(7)9(14(26,27)16(20,21)22)6-8(11)13(25-10)15(17,18)19/h3-6,10,24,26-27H,2H2,1H3. The van der Waals surface area contributed by atoms with Crippen molar-refractivity contribution in [3.63, 3.8) is 0 Å². The summed E-state index contributed by atoms with van der Waals surface area (Å²) in [6.45, 7) is 1.59. The number of anilines is 1. The first kappa shape index (κ1) is 19.4. The van der Waals surface area contributed by atoms with Crippen LogP contribution in [0.25, 0.3) is 10.9 Å². The van der Waals surface area contributed by atoms with Crippen molar-refractivity contribution in [3.05, 3.63) is 35.5 Å². The van der Waals surface area contributed by atoms with Crippen LogP contribution in [-0.4, -0.2) is 39.4 Å². The Bertz CT molecular complexity index is 921. The third kappa shape index (κ3) is 3.10. The Morgan fingerprint density at radius 1 is 1.15 bits per heavy atom. The van der Waals surface area contributed by atoms with Crippen molar-refractivity contribution in [2.24, 2.45) is 4.99 Å². The van der Waals surface area contributed by atoms with Gasteiger partial charge in [0.25, 0.3) is 5.79 Å². The predicted molar refractivity (Wildman–Crippen MR) is 84.2 cm³/mol. The minimum Gasteiger partial charge on any atom is -0.363 e. The molecule has 1 aliphatic heterocycles. The lowest BCUT2D eigenvalue weighted by Gasteiger charge is -2.31. The highest BCUT2D eigenvalue weighted by Crippen LogP contribution is 2.44. The van der Waals surface area contributed by atoms with Gasteiger partial charge < -0.3 is 15.5 Å². The van der Waals surface area contributed by atoms with Crippen molar-refractivity contribution in [1.29, 1.82) is 0 Å². The summed E-state index contributed by atoms with van der Waals surface area (Å²) in [5.41, 5.74) is -3.91. The molecule has 0 saturated heterocycles. The first-order valence-electron chi connectivity index (χ1n) is 7.73. The molecule has 1 aromatic carbocycles. The largest absolute Gasteiger partial charge is 0.447 e. The smallest absolute Gasteiger partial charge is 0.363 e. The van der Waals surface area contributed by atoms with Crippen LogP contribution in [0.2, 0.25) is 0 Å². The summed E-state index contributed by atoms with van der Waals surface area (Å²) in [7, 11) is 0. The van der Waals surface area contributed by atoms with Crippen molar-refractivity contribution in [3.8, 4) is 0 Å². The van der Waals surface area contributed by atoms with E-state index in [0.717, 1.165) is 6.20 Å². The molecule has 0 amide bonds. The summed E-state index contributed by atoms with van der Waals surface area (Å²) in [5.74, 6) is -4.40. The van der Waals surface area contributed by atoms with Gasteiger partial charge in [0.05, 0.1) is 11.2 Å². The molecule has 0 saturated carbocycles. The Kier molecular flexibility index (Phi) is 4.35. The number of rotatable bonds is 2. The Morgan fingerprint density at radius 3 is 2.37 bits per heavy atom. The lowest BCUT2D eigenvalue weighted by atomic mass is 9.92. The number of pyridine rings is 1. The molecule has 146 valence electrons. The van der Waals surface area contributed by atoms with E-state index in [1.807, 2.05) is 0 Å². The number of nitrogens with zero attached hydrogens (tertiary/aromatic N) is 2. The molecule has 3 rings (SSSR count). The van der Waals surface area contributed by atoms with Gasteiger partial charge in [0, 0.05) is 22.7 Å². The molecule has 5 nitrogen and oxygen atoms in total. The second-order valence-corrected chi connectivity index (χ2v) is 5.96. The maximum Gasteiger partial charge on any atom is 0.447 e. The first-order chi connectivity index (χ1) is 12.4. The van der Waals surface area contributed by atoms with Crippen molar-refractivity contribution < 1.29 is 36.6 Å². The molecular formula is C16H13F6N3O2. The number of alkyl halides is 6. The highest BCUT2D eigenvalue weighted by atomic mass is 19.4. The molecule has 27 heavy (non-hydrogen) atoms. The SMILES string of the molecule is CCC1N=C(C(F)(F)F)c2cc(C(O)(O)C(F)(F)F)c3ncccc3c2N1. The maximum absolute atomic E-state index is 13.5. The maximum atomic E-state index is 13.5. The Morgan fingerprint density at radius 2 is 1.81 bits per heavy atom. The number of nitrogens with one attached hydrogen (secondary N) is 1. The van der Waals surface area contributed by atoms with Gasteiger partial charge in [0.2, 0.25) is 0 Å². The number of aliphatic hydroxyl groups is 2. The average molecular weight is 393 g/mol. The molecule has 0 radical (unpaired) electrons. The zero-order chi connectivity index (χ0) is 20.2. The normalized spacial score (nSPS) is 18.1. The van der Waals surface area contributed by atoms with Gasteiger partial charge in [0.15, 0.2) is 5.71 Å². The summed E-state index contributed by atoms with van der Waals surface area (Å²) in [4.78, 5) is 7.25. The van der Waals surface area contributed by atoms with E-state index in [4.69, 9.17) is 0 Å². The van der Waals surface area contributed by atoms with Gasteiger partial charge in [0.1, 0.15) is 6.17 Å². The monoisotopic (exact) mass is 393 g/mol. The fourth-order valence-electron chi connectivity index (χ4n) is 2.86. The van der Waals surface area contributed by atoms with Gasteiger partial charge in [-0.3, -0.25) is 9.98 Å². The molecular weight excluding hydrogens is 380 g/mol. The van der Waals surface area contributed by atoms with Crippen molar-refractivity contribution in [2.45, 2.75) is 37.7 Å². The number of aromatic nitrogens is 1. The Balaban J connectivity index is 2.41. The fraction of sp³-hybridized carbons (Fsp3) is 0.375. The van der Waals surface area contributed by atoms with E-state index in [9.17, 15) is 36.6 Å². The number of hydrogen-bond acceptors (Lipinski definition) is 5. The van der Waals surface area contributed by atoms with E-state index in [1.165, 1.54) is 12.1 Å². The zero-order valence-electron chi connectivity index (χ0n) is 13.7. The highest BCUT2D eigenvalue weighted by Gasteiger charge is 2.56. The van der Waals surface area contributed by atoms with Gasteiger partial charge >= 0.3 is 12.4 Å². The Hall–Kier alpha value is -2.40. The summed E-state index contributed by atoms with van der Waals surface area (Å²) in [6, 6.07) is 2.98. The van der Waals surface area contributed by atoms with Gasteiger partial charge in [-0.25, -0.2) is 0 Å². The van der Waals surface area contributed by atoms with Crippen LogP contribution >= 0.6 is 0 Å². The first-order valence-corrected chi connectivity index (χ1v) is 7.73. The van der Waals surface area contributed by atoms with E-state index in [-0.39, 0.29) is 17.5 Å². The molecule has 2 heterocycles. The Labute approximate surface area is 148 Å². The predicted octanol–water partition coefficient (Wildman–Crippen LogP) is 3.45. The van der Waals surface area contributed by atoms with E-state index in [2.05, 4.69) is 15.3 Å². The molecule has 1 unspecified atom stereocenters. The van der Waals surface area contributed by atoms with Crippen LogP contribution in [0, 0.1) is 0 Å². The molecule has 0 aliphatic carbocycles. The minimum atomic E-state index is -5.56. The summed E-state index contributed by atoms with van der Waals surface area (Å²) in [6.07, 6.45) is -10.2. The third-order valence-corrected chi connectivity index (χ3v) is 4.17. The van der Waals surface area contributed by atoms with E-state index < -0.39 is 46.7 Å². The molecule has 1 atom stereocenters. The highest BCUT2D eigenvalue weighted by molar-refractivity contribution is 6.15. The zero-order valence-corrected chi connectivity index (χ0v) is 13.7. The third-order valence-electron chi connectivity index (χ3n) is 4.17. The molecule has 11 heteroatoms. The second kappa shape index (κ2) is 6.06. The number of halogens is 6. The topological polar surface area (TPSA) is 77.7 Å². The molecule has 0 fully saturated rings. The van der Waals surface area contributed by atoms with Crippen LogP contribution in [0.5, 0.6) is 0 Å². The molecule has 2 aromatic rings. The fourth-order valence-corrected chi connectivity index (χ4v) is 2.86. The molecule has 0 spiro atoms. The van der Waals surface area contributed by atoms with Gasteiger partial charge in [-0.2, -0.15) is 26.3 Å². The van der Waals surface area contributed by atoms with Crippen LogP contribution in [0.15, 0.2) is 29.4 Å². The molecule has 1 aromatic heterocycles. The molecule has 3 N–H and O–H groups in total. The van der Waals surface area contributed by atoms with Crippen LogP contribution < -0.4 is 5.32 Å². The van der Waals surface area contributed by atoms with Crippen LogP contribution in [0.3, 0.4) is 0 Å². The number of hydrogen-bond donors (Lipinski definition) is 3. The lowest BCUT2D eigenvalue weighted by molar-refractivity contribution is -0.357. The summed E-state index contributed by atoms with van der Waals surface area (Å²) < 4.78 is 79.8. The van der Waals surface area contributed by atoms with E-state index >= 15 is 0 Å². The molecule has 0 bridgehead atoms. The summed E-state index contributed by atoms with van der Waals surface area (Å²) in [5, 5.41) is 21.9. The van der Waals surface area contributed by atoms with Gasteiger partial charge in [-0.15, -0.1) is 0 Å². The van der Waals surface area contributed by atoms with Crippen molar-refractivity contribution in [2.75, 3.05) is 5.32 Å². The van der Waals surface area contributed by atoms with E-state index in [0.29, 0.717) is 6.07 Å². The van der Waals surface area contributed by atoms with Crippen LogP contribution in [0.4, 0.5) is 32.0 Å². The summed E-state index contributed by atoms with van der Waals surface area (Å²) >= 11 is 0. The van der Waals surface area contributed by atoms with Gasteiger partial charge in [-0.05, 0) is 24.6 Å². The second-order valence-electron chi connectivity index (χ2n) is 5.96. The number of aliphatic imine (C=N–C) groups is 1. The van der Waals surface area contributed by atoms with Crippen LogP contribution in [0.1, 0.15) is 24.5 Å². The van der Waals surface area contributed by atoms with E-state index in [1.54, 1.807) is 6.92 Å². The van der Waals surface area contributed by atoms with Crippen LogP contribution in [-0.2, 0) is 5.79 Å². The van der Waals surface area contributed by atoms with Crippen molar-refractivity contribution >= 4 is 22.3 Å². The van der Waals surface area contributed by atoms with Crippen molar-refractivity contribution in [1.82, 2.24) is 4.98 Å². The minimum absolute atomic E-state index is 0.114. The average Bonchev–Trinajstić information content (AvgIpc) is 2.58. The molecule has 1 aliphatic rings. The lowest BCUT2D eigenvalue weighted by Crippen LogP contribution is -2.43. The van der Waals surface area contributed by atoms with Gasteiger partial charge in [-0.1, -0.05) is 6.92 Å². The number of benzene rings is 1.